The molecule has 0 radical (unpaired) electrons. The number of fused-ring (bicyclic) bond motifs is 2. The normalized spacial score (nSPS) is 16.2. The summed E-state index contributed by atoms with van der Waals surface area (Å²) in [5, 5.41) is 0. The van der Waals surface area contributed by atoms with Crippen LogP contribution in [0.15, 0.2) is 36.4 Å². The monoisotopic (exact) mass is 684 g/mol. The summed E-state index contributed by atoms with van der Waals surface area (Å²) in [4.78, 5) is 4.07. The Hall–Kier alpha value is -1.82. The van der Waals surface area contributed by atoms with Crippen molar-refractivity contribution in [1.29, 1.82) is 0 Å². The molecule has 46 heavy (non-hydrogen) atoms. The smallest absolute Gasteiger partial charge is 0.344 e. The number of benzene rings is 2. The summed E-state index contributed by atoms with van der Waals surface area (Å²) in [5.41, 5.74) is 3.77. The van der Waals surface area contributed by atoms with Crippen LogP contribution in [0.2, 0.25) is 0 Å². The van der Waals surface area contributed by atoms with Gasteiger partial charge in [0.2, 0.25) is 5.79 Å². The topological polar surface area (TPSA) is 114 Å². The third-order valence-electron chi connectivity index (χ3n) is 7.39. The van der Waals surface area contributed by atoms with Crippen molar-refractivity contribution >= 4 is 15.2 Å². The molecule has 0 bridgehead atoms. The highest BCUT2D eigenvalue weighted by Crippen LogP contribution is 2.50. The lowest BCUT2D eigenvalue weighted by molar-refractivity contribution is -0.180. The lowest BCUT2D eigenvalue weighted by Crippen LogP contribution is -2.38. The van der Waals surface area contributed by atoms with Crippen LogP contribution in [-0.2, 0) is 63.0 Å². The van der Waals surface area contributed by atoms with E-state index in [-0.39, 0.29) is 45.8 Å². The fraction of sp³-hybridized carbons (Fsp3) is 0.625. The summed E-state index contributed by atoms with van der Waals surface area (Å²) in [6.45, 7) is 14.7. The lowest BCUT2D eigenvalue weighted by atomic mass is 10.1. The van der Waals surface area contributed by atoms with Crippen LogP contribution in [0, 0.1) is 0 Å². The van der Waals surface area contributed by atoms with Gasteiger partial charge in [0.1, 0.15) is 24.1 Å². The molecule has 0 saturated heterocycles. The van der Waals surface area contributed by atoms with Crippen LogP contribution in [0.25, 0.3) is 0 Å². The number of para-hydroxylation sites is 2. The molecule has 0 spiro atoms. The van der Waals surface area contributed by atoms with Gasteiger partial charge in [-0.1, -0.05) is 36.4 Å². The van der Waals surface area contributed by atoms with Gasteiger partial charge in [0.05, 0.1) is 39.6 Å². The highest BCUT2D eigenvalue weighted by molar-refractivity contribution is 7.54. The maximum Gasteiger partial charge on any atom is 0.344 e. The van der Waals surface area contributed by atoms with E-state index < -0.39 is 21.0 Å². The van der Waals surface area contributed by atoms with E-state index in [0.717, 1.165) is 33.8 Å². The number of rotatable bonds is 19. The van der Waals surface area contributed by atoms with Crippen molar-refractivity contribution in [2.24, 2.45) is 0 Å². The predicted molar refractivity (Wildman–Crippen MR) is 175 cm³/mol. The summed E-state index contributed by atoms with van der Waals surface area (Å²) in [6, 6.07) is 11.9. The summed E-state index contributed by atoms with van der Waals surface area (Å²) in [6.07, 6.45) is 0.120. The molecule has 4 rings (SSSR count). The Bertz CT molecular complexity index is 1350. The predicted octanol–water partition coefficient (Wildman–Crippen LogP) is 6.95. The Kier molecular flexibility index (Phi) is 13.7. The van der Waals surface area contributed by atoms with Crippen LogP contribution in [-0.4, -0.2) is 74.5 Å². The molecule has 0 fully saturated rings. The van der Waals surface area contributed by atoms with Gasteiger partial charge in [-0.05, 0) is 27.7 Å². The van der Waals surface area contributed by atoms with Crippen molar-refractivity contribution in [1.82, 2.24) is 9.80 Å². The number of nitrogens with zero attached hydrogens (tertiary/aromatic N) is 2. The van der Waals surface area contributed by atoms with Crippen molar-refractivity contribution < 1.29 is 46.2 Å². The van der Waals surface area contributed by atoms with Gasteiger partial charge in [-0.15, -0.1) is 0 Å². The molecule has 12 nitrogen and oxygen atoms in total. The zero-order chi connectivity index (χ0) is 33.2. The first kappa shape index (κ1) is 37.0. The molecule has 0 amide bonds. The standard InChI is InChI=1S/C32H50N2O10P2/c1-7-40-45(35,41-8-2)23-33(19-26-13-11-15-28-21-37-25-38-30(26)28)17-18-34(24-46(36,42-9-3)43-10-4)20-27-14-12-16-29-22-39-32(5,6)44-31(27)29/h11-16H,7-10,17-25H2,1-6H3. The second-order valence-corrected chi connectivity index (χ2v) is 15.5. The van der Waals surface area contributed by atoms with E-state index in [1.54, 1.807) is 27.7 Å². The van der Waals surface area contributed by atoms with E-state index >= 15 is 0 Å². The minimum absolute atomic E-state index is 0.0574. The van der Waals surface area contributed by atoms with E-state index in [1.807, 2.05) is 60.0 Å². The second-order valence-electron chi connectivity index (χ2n) is 11.5. The highest BCUT2D eigenvalue weighted by Gasteiger charge is 2.33. The van der Waals surface area contributed by atoms with Gasteiger partial charge in [-0.2, -0.15) is 0 Å². The van der Waals surface area contributed by atoms with Gasteiger partial charge in [-0.3, -0.25) is 18.9 Å². The number of ether oxygens (including phenoxy) is 4. The lowest BCUT2D eigenvalue weighted by Gasteiger charge is -2.35. The Morgan fingerprint density at radius 2 is 1.20 bits per heavy atom. The highest BCUT2D eigenvalue weighted by atomic mass is 31.2. The maximum absolute atomic E-state index is 13.8. The summed E-state index contributed by atoms with van der Waals surface area (Å²) >= 11 is 0. The van der Waals surface area contributed by atoms with Gasteiger partial charge >= 0.3 is 15.2 Å². The minimum atomic E-state index is -3.47. The third-order valence-corrected chi connectivity index (χ3v) is 11.5. The Balaban J connectivity index is 1.64. The first-order chi connectivity index (χ1) is 22.0. The zero-order valence-electron chi connectivity index (χ0n) is 28.0. The molecular formula is C32H50N2O10P2. The molecule has 2 heterocycles. The van der Waals surface area contributed by atoms with Crippen LogP contribution in [0.3, 0.4) is 0 Å². The molecule has 2 aliphatic heterocycles. The van der Waals surface area contributed by atoms with Crippen LogP contribution >= 0.6 is 15.2 Å². The fourth-order valence-corrected chi connectivity index (χ4v) is 9.04. The molecule has 2 aliphatic rings. The molecule has 0 N–H and O–H groups in total. The first-order valence-electron chi connectivity index (χ1n) is 16.0. The van der Waals surface area contributed by atoms with E-state index in [0.29, 0.717) is 39.4 Å². The zero-order valence-corrected chi connectivity index (χ0v) is 29.8. The van der Waals surface area contributed by atoms with Crippen LogP contribution in [0.1, 0.15) is 63.8 Å². The Morgan fingerprint density at radius 1 is 0.717 bits per heavy atom. The molecular weight excluding hydrogens is 634 g/mol. The van der Waals surface area contributed by atoms with Crippen molar-refractivity contribution in [2.75, 3.05) is 58.9 Å². The van der Waals surface area contributed by atoms with Crippen LogP contribution in [0.5, 0.6) is 11.5 Å². The van der Waals surface area contributed by atoms with Crippen molar-refractivity contribution in [3.8, 4) is 11.5 Å². The van der Waals surface area contributed by atoms with E-state index in [4.69, 9.17) is 37.0 Å². The van der Waals surface area contributed by atoms with Crippen molar-refractivity contribution in [3.63, 3.8) is 0 Å². The van der Waals surface area contributed by atoms with Gasteiger partial charge < -0.3 is 37.0 Å². The molecule has 258 valence electrons. The molecule has 0 atom stereocenters. The van der Waals surface area contributed by atoms with Crippen molar-refractivity contribution in [3.05, 3.63) is 58.7 Å². The second kappa shape index (κ2) is 17.0. The quantitative estimate of drug-likeness (QED) is 0.143. The third kappa shape index (κ3) is 10.3. The van der Waals surface area contributed by atoms with E-state index in [1.165, 1.54) is 0 Å². The molecule has 0 saturated carbocycles. The molecule has 2 aromatic rings. The van der Waals surface area contributed by atoms with E-state index in [9.17, 15) is 9.13 Å². The van der Waals surface area contributed by atoms with Gasteiger partial charge in [0, 0.05) is 62.3 Å². The average Bonchev–Trinajstić information content (AvgIpc) is 3.00. The van der Waals surface area contributed by atoms with E-state index in [2.05, 4.69) is 0 Å². The fourth-order valence-electron chi connectivity index (χ4n) is 5.53. The van der Waals surface area contributed by atoms with Crippen LogP contribution in [0.4, 0.5) is 0 Å². The molecule has 2 aromatic carbocycles. The Morgan fingerprint density at radius 3 is 1.70 bits per heavy atom. The first-order valence-corrected chi connectivity index (χ1v) is 19.4. The van der Waals surface area contributed by atoms with Crippen molar-refractivity contribution in [2.45, 2.75) is 73.6 Å². The SMILES string of the molecule is CCOP(=O)(CN(CCN(Cc1cccc2c1OC(C)(C)OC2)CP(=O)(OCC)OCC)Cc1cccc2c1OCOC2)OCC. The summed E-state index contributed by atoms with van der Waals surface area (Å²) < 4.78 is 73.9. The molecule has 0 aromatic heterocycles. The van der Waals surface area contributed by atoms with Crippen LogP contribution < -0.4 is 9.47 Å². The van der Waals surface area contributed by atoms with Gasteiger partial charge in [-0.25, -0.2) is 0 Å². The molecule has 14 heteroatoms. The average molecular weight is 685 g/mol. The van der Waals surface area contributed by atoms with Gasteiger partial charge in [0.15, 0.2) is 6.79 Å². The number of hydrogen-bond donors (Lipinski definition) is 0. The summed E-state index contributed by atoms with van der Waals surface area (Å²) in [5.74, 6) is 0.752. The molecule has 0 aliphatic carbocycles. The van der Waals surface area contributed by atoms with Gasteiger partial charge in [0.25, 0.3) is 0 Å². The minimum Gasteiger partial charge on any atom is -0.467 e. The number of hydrogen-bond acceptors (Lipinski definition) is 12. The summed E-state index contributed by atoms with van der Waals surface area (Å²) in [7, 11) is -6.92. The molecule has 0 unspecified atom stereocenters. The maximum atomic E-state index is 13.8. The largest absolute Gasteiger partial charge is 0.467 e. The Labute approximate surface area is 273 Å².